The number of hydrogen-bond donors (Lipinski definition) is 0. The van der Waals surface area contributed by atoms with Gasteiger partial charge in [-0.25, -0.2) is 9.37 Å². The molecule has 0 unspecified atom stereocenters. The first-order chi connectivity index (χ1) is 11.7. The van der Waals surface area contributed by atoms with E-state index in [0.717, 1.165) is 15.8 Å². The van der Waals surface area contributed by atoms with Gasteiger partial charge in [-0.3, -0.25) is 4.98 Å². The number of fused-ring (bicyclic) bond motifs is 1. The predicted molar refractivity (Wildman–Crippen MR) is 97.1 cm³/mol. The Morgan fingerprint density at radius 3 is 2.83 bits per heavy atom. The Morgan fingerprint density at radius 2 is 2.04 bits per heavy atom. The second kappa shape index (κ2) is 6.30. The van der Waals surface area contributed by atoms with E-state index in [1.54, 1.807) is 30.0 Å². The average molecular weight is 355 g/mol. The lowest BCUT2D eigenvalue weighted by Gasteiger charge is -2.10. The monoisotopic (exact) mass is 354 g/mol. The van der Waals surface area contributed by atoms with Crippen LogP contribution in [0.3, 0.4) is 0 Å². The van der Waals surface area contributed by atoms with E-state index in [1.165, 1.54) is 11.3 Å². The second-order valence-electron chi connectivity index (χ2n) is 5.47. The maximum absolute atomic E-state index is 15.3. The molecule has 118 valence electrons. The molecule has 2 aromatic heterocycles. The van der Waals surface area contributed by atoms with Crippen LogP contribution in [-0.2, 0) is 6.42 Å². The van der Waals surface area contributed by atoms with Gasteiger partial charge in [-0.05, 0) is 41.0 Å². The fourth-order valence-corrected chi connectivity index (χ4v) is 3.73. The molecular formula is C19H12ClFN2S. The van der Waals surface area contributed by atoms with Crippen LogP contribution in [0.15, 0.2) is 60.4 Å². The van der Waals surface area contributed by atoms with Gasteiger partial charge in [-0.2, -0.15) is 0 Å². The minimum Gasteiger partial charge on any atom is -0.264 e. The van der Waals surface area contributed by atoms with Gasteiger partial charge in [-0.15, -0.1) is 11.3 Å². The number of nitrogens with zero attached hydrogens (tertiary/aromatic N) is 2. The SMILES string of the molecule is Fc1c(Cc2cccnc2)cc2scnc2c1-c1cccc(Cl)c1. The number of thiazole rings is 1. The smallest absolute Gasteiger partial charge is 0.136 e. The van der Waals surface area contributed by atoms with E-state index in [2.05, 4.69) is 9.97 Å². The third-order valence-corrected chi connectivity index (χ3v) is 4.88. The molecule has 0 aliphatic heterocycles. The van der Waals surface area contributed by atoms with Crippen LogP contribution in [0.5, 0.6) is 0 Å². The maximum Gasteiger partial charge on any atom is 0.136 e. The number of benzene rings is 2. The van der Waals surface area contributed by atoms with E-state index in [9.17, 15) is 0 Å². The lowest BCUT2D eigenvalue weighted by Crippen LogP contribution is -1.97. The zero-order valence-corrected chi connectivity index (χ0v) is 14.1. The van der Waals surface area contributed by atoms with Crippen molar-refractivity contribution < 1.29 is 4.39 Å². The van der Waals surface area contributed by atoms with Gasteiger partial charge in [-0.1, -0.05) is 29.8 Å². The first kappa shape index (κ1) is 15.2. The Kier molecular flexibility index (Phi) is 4.00. The van der Waals surface area contributed by atoms with E-state index in [1.807, 2.05) is 30.3 Å². The van der Waals surface area contributed by atoms with Gasteiger partial charge in [0.05, 0.1) is 15.7 Å². The van der Waals surface area contributed by atoms with Crippen LogP contribution in [0.2, 0.25) is 5.02 Å². The summed E-state index contributed by atoms with van der Waals surface area (Å²) in [5.74, 6) is -0.250. The maximum atomic E-state index is 15.3. The van der Waals surface area contributed by atoms with E-state index < -0.39 is 0 Å². The van der Waals surface area contributed by atoms with Crippen molar-refractivity contribution in [3.63, 3.8) is 0 Å². The summed E-state index contributed by atoms with van der Waals surface area (Å²) in [6.07, 6.45) is 3.96. The molecule has 0 radical (unpaired) electrons. The molecule has 0 saturated heterocycles. The standard InChI is InChI=1S/C19H12ClFN2S/c20-15-5-1-4-13(8-15)17-18(21)14(7-12-3-2-6-22-10-12)9-16-19(17)23-11-24-16/h1-6,8-11H,7H2. The van der Waals surface area contributed by atoms with Gasteiger partial charge in [0.15, 0.2) is 0 Å². The van der Waals surface area contributed by atoms with Crippen LogP contribution >= 0.6 is 22.9 Å². The lowest BCUT2D eigenvalue weighted by atomic mass is 9.97. The van der Waals surface area contributed by atoms with Crippen molar-refractivity contribution in [1.29, 1.82) is 0 Å². The number of pyridine rings is 1. The second-order valence-corrected chi connectivity index (χ2v) is 6.79. The van der Waals surface area contributed by atoms with Crippen molar-refractivity contribution in [1.82, 2.24) is 9.97 Å². The summed E-state index contributed by atoms with van der Waals surface area (Å²) >= 11 is 7.60. The van der Waals surface area contributed by atoms with E-state index in [-0.39, 0.29) is 5.82 Å². The fourth-order valence-electron chi connectivity index (χ4n) is 2.79. The van der Waals surface area contributed by atoms with Crippen LogP contribution in [0.4, 0.5) is 4.39 Å². The Bertz CT molecular complexity index is 1010. The van der Waals surface area contributed by atoms with Gasteiger partial charge in [0.2, 0.25) is 0 Å². The topological polar surface area (TPSA) is 25.8 Å². The van der Waals surface area contributed by atoms with Crippen molar-refractivity contribution in [3.8, 4) is 11.1 Å². The van der Waals surface area contributed by atoms with E-state index >= 15 is 4.39 Å². The molecule has 2 nitrogen and oxygen atoms in total. The van der Waals surface area contributed by atoms with Gasteiger partial charge in [0, 0.05) is 29.4 Å². The molecule has 0 saturated carbocycles. The number of halogens is 2. The van der Waals surface area contributed by atoms with E-state index in [4.69, 9.17) is 11.6 Å². The zero-order valence-electron chi connectivity index (χ0n) is 12.5. The molecule has 0 fully saturated rings. The van der Waals surface area contributed by atoms with Crippen LogP contribution < -0.4 is 0 Å². The number of hydrogen-bond acceptors (Lipinski definition) is 3. The molecule has 24 heavy (non-hydrogen) atoms. The van der Waals surface area contributed by atoms with Crippen LogP contribution in [-0.4, -0.2) is 9.97 Å². The summed E-state index contributed by atoms with van der Waals surface area (Å²) in [6, 6.07) is 12.9. The Labute approximate surface area is 147 Å². The molecule has 0 bridgehead atoms. The summed E-state index contributed by atoms with van der Waals surface area (Å²) < 4.78 is 16.2. The fraction of sp³-hybridized carbons (Fsp3) is 0.0526. The summed E-state index contributed by atoms with van der Waals surface area (Å²) in [4.78, 5) is 8.46. The first-order valence-electron chi connectivity index (χ1n) is 7.42. The van der Waals surface area contributed by atoms with Crippen LogP contribution in [0.1, 0.15) is 11.1 Å². The van der Waals surface area contributed by atoms with Gasteiger partial charge < -0.3 is 0 Å². The highest BCUT2D eigenvalue weighted by Gasteiger charge is 2.17. The molecule has 5 heteroatoms. The molecule has 4 aromatic rings. The molecule has 0 atom stereocenters. The lowest BCUT2D eigenvalue weighted by molar-refractivity contribution is 0.619. The van der Waals surface area contributed by atoms with Crippen LogP contribution in [0, 0.1) is 5.82 Å². The first-order valence-corrected chi connectivity index (χ1v) is 8.67. The van der Waals surface area contributed by atoms with Crippen molar-refractivity contribution >= 4 is 33.2 Å². The minimum absolute atomic E-state index is 0.250. The molecular weight excluding hydrogens is 343 g/mol. The molecule has 4 rings (SSSR count). The van der Waals surface area contributed by atoms with Gasteiger partial charge >= 0.3 is 0 Å². The quantitative estimate of drug-likeness (QED) is 0.468. The Hall–Kier alpha value is -2.30. The Balaban J connectivity index is 1.92. The third kappa shape index (κ3) is 2.79. The van der Waals surface area contributed by atoms with Crippen molar-refractivity contribution in [2.45, 2.75) is 6.42 Å². The molecule has 0 aliphatic rings. The summed E-state index contributed by atoms with van der Waals surface area (Å²) in [5.41, 5.74) is 5.27. The minimum atomic E-state index is -0.250. The van der Waals surface area contributed by atoms with Crippen LogP contribution in [0.25, 0.3) is 21.3 Å². The highest BCUT2D eigenvalue weighted by Crippen LogP contribution is 2.36. The summed E-state index contributed by atoms with van der Waals surface area (Å²) in [7, 11) is 0. The molecule has 0 amide bonds. The summed E-state index contributed by atoms with van der Waals surface area (Å²) in [6.45, 7) is 0. The number of aromatic nitrogens is 2. The molecule has 2 aromatic carbocycles. The average Bonchev–Trinajstić information content (AvgIpc) is 3.04. The molecule has 0 N–H and O–H groups in total. The normalized spacial score (nSPS) is 11.1. The zero-order chi connectivity index (χ0) is 16.5. The van der Waals surface area contributed by atoms with Crippen molar-refractivity contribution in [3.05, 3.63) is 82.3 Å². The third-order valence-electron chi connectivity index (χ3n) is 3.87. The van der Waals surface area contributed by atoms with Crippen molar-refractivity contribution in [2.75, 3.05) is 0 Å². The molecule has 0 aliphatic carbocycles. The Morgan fingerprint density at radius 1 is 1.12 bits per heavy atom. The van der Waals surface area contributed by atoms with E-state index in [0.29, 0.717) is 28.1 Å². The predicted octanol–water partition coefficient (Wildman–Crippen LogP) is 5.74. The largest absolute Gasteiger partial charge is 0.264 e. The molecule has 2 heterocycles. The van der Waals surface area contributed by atoms with Crippen molar-refractivity contribution in [2.24, 2.45) is 0 Å². The summed E-state index contributed by atoms with van der Waals surface area (Å²) in [5, 5.41) is 0.577. The van der Waals surface area contributed by atoms with Gasteiger partial charge in [0.1, 0.15) is 5.82 Å². The number of rotatable bonds is 3. The van der Waals surface area contributed by atoms with Gasteiger partial charge in [0.25, 0.3) is 0 Å². The molecule has 0 spiro atoms. The highest BCUT2D eigenvalue weighted by atomic mass is 35.5. The highest BCUT2D eigenvalue weighted by molar-refractivity contribution is 7.16.